The number of pyridine rings is 1. The molecule has 32 heavy (non-hydrogen) atoms. The van der Waals surface area contributed by atoms with Crippen LogP contribution in [0.5, 0.6) is 0 Å². The summed E-state index contributed by atoms with van der Waals surface area (Å²) in [6, 6.07) is 9.30. The minimum Gasteiger partial charge on any atom is -0.382 e. The van der Waals surface area contributed by atoms with E-state index in [0.717, 1.165) is 48.1 Å². The van der Waals surface area contributed by atoms with Crippen molar-refractivity contribution in [1.29, 1.82) is 5.26 Å². The van der Waals surface area contributed by atoms with Crippen LogP contribution in [0.25, 0.3) is 10.9 Å². The van der Waals surface area contributed by atoms with Gasteiger partial charge in [0.25, 0.3) is 0 Å². The van der Waals surface area contributed by atoms with Crippen molar-refractivity contribution in [2.45, 2.75) is 43.9 Å². The Morgan fingerprint density at radius 2 is 2.06 bits per heavy atom. The van der Waals surface area contributed by atoms with Gasteiger partial charge < -0.3 is 16.0 Å². The summed E-state index contributed by atoms with van der Waals surface area (Å²) < 4.78 is 13.6. The van der Waals surface area contributed by atoms with Crippen molar-refractivity contribution in [3.63, 3.8) is 0 Å². The molecule has 0 bridgehead atoms. The summed E-state index contributed by atoms with van der Waals surface area (Å²) >= 11 is 0. The van der Waals surface area contributed by atoms with Crippen molar-refractivity contribution >= 4 is 28.4 Å². The van der Waals surface area contributed by atoms with Crippen molar-refractivity contribution in [1.82, 2.24) is 14.8 Å². The Morgan fingerprint density at radius 3 is 2.78 bits per heavy atom. The number of aromatic nitrogens is 1. The molecule has 3 N–H and O–H groups in total. The standard InChI is InChI=1S/C23H27FN6O2/c24-16-11-18(12-25)30(13-16)22(32)14-29-8-5-17(6-9-29)28-20-4-3-15(10-21(26)31)23-19(20)2-1-7-27-23/h1-4,7,16-18,28H,5-6,8-11,13-14H2,(H2,26,31)/t16-,18-/m0/s1. The van der Waals surface area contributed by atoms with E-state index in [0.29, 0.717) is 0 Å². The Kier molecular flexibility index (Phi) is 6.51. The monoisotopic (exact) mass is 438 g/mol. The number of nitrogens with two attached hydrogens (primary N) is 1. The largest absolute Gasteiger partial charge is 0.382 e. The van der Waals surface area contributed by atoms with Gasteiger partial charge in [0.15, 0.2) is 0 Å². The molecule has 0 spiro atoms. The fraction of sp³-hybridized carbons (Fsp3) is 0.478. The van der Waals surface area contributed by atoms with Crippen LogP contribution in [0.3, 0.4) is 0 Å². The van der Waals surface area contributed by atoms with Gasteiger partial charge in [0.2, 0.25) is 11.8 Å². The van der Waals surface area contributed by atoms with E-state index >= 15 is 0 Å². The molecule has 1 aromatic carbocycles. The number of fused-ring (bicyclic) bond motifs is 1. The molecule has 2 saturated heterocycles. The average molecular weight is 439 g/mol. The maximum Gasteiger partial charge on any atom is 0.237 e. The molecule has 2 aromatic rings. The third-order valence-electron chi connectivity index (χ3n) is 6.24. The second-order valence-electron chi connectivity index (χ2n) is 8.53. The van der Waals surface area contributed by atoms with Gasteiger partial charge in [-0.2, -0.15) is 5.26 Å². The van der Waals surface area contributed by atoms with Crippen LogP contribution in [0, 0.1) is 11.3 Å². The van der Waals surface area contributed by atoms with Gasteiger partial charge >= 0.3 is 0 Å². The summed E-state index contributed by atoms with van der Waals surface area (Å²) in [5.74, 6) is -0.568. The minimum absolute atomic E-state index is 0.0158. The van der Waals surface area contributed by atoms with Gasteiger partial charge in [0.05, 0.1) is 31.1 Å². The van der Waals surface area contributed by atoms with E-state index in [2.05, 4.69) is 15.2 Å². The van der Waals surface area contributed by atoms with Crippen molar-refractivity contribution in [3.8, 4) is 6.07 Å². The number of halogens is 1. The third-order valence-corrected chi connectivity index (χ3v) is 6.24. The number of likely N-dealkylation sites (tertiary alicyclic amines) is 2. The lowest BCUT2D eigenvalue weighted by molar-refractivity contribution is -0.132. The van der Waals surface area contributed by atoms with Crippen LogP contribution in [0.1, 0.15) is 24.8 Å². The van der Waals surface area contributed by atoms with Gasteiger partial charge in [0.1, 0.15) is 12.2 Å². The van der Waals surface area contributed by atoms with Crippen LogP contribution in [0.2, 0.25) is 0 Å². The molecule has 2 fully saturated rings. The number of carbonyl (C=O) groups excluding carboxylic acids is 2. The zero-order chi connectivity index (χ0) is 22.7. The topological polar surface area (TPSA) is 115 Å². The molecule has 2 atom stereocenters. The minimum atomic E-state index is -1.11. The molecule has 0 unspecified atom stereocenters. The predicted molar refractivity (Wildman–Crippen MR) is 118 cm³/mol. The van der Waals surface area contributed by atoms with E-state index in [-0.39, 0.29) is 37.9 Å². The first kappa shape index (κ1) is 22.0. The summed E-state index contributed by atoms with van der Waals surface area (Å²) in [4.78, 5) is 31.8. The molecular formula is C23H27FN6O2. The Morgan fingerprint density at radius 1 is 1.28 bits per heavy atom. The van der Waals surface area contributed by atoms with Crippen LogP contribution in [0.15, 0.2) is 30.5 Å². The third kappa shape index (κ3) is 4.81. The molecule has 3 heterocycles. The van der Waals surface area contributed by atoms with Crippen molar-refractivity contribution in [3.05, 3.63) is 36.0 Å². The van der Waals surface area contributed by atoms with Gasteiger partial charge in [-0.3, -0.25) is 19.5 Å². The van der Waals surface area contributed by atoms with E-state index in [1.807, 2.05) is 30.3 Å². The zero-order valence-electron chi connectivity index (χ0n) is 17.8. The first-order chi connectivity index (χ1) is 15.4. The lowest BCUT2D eigenvalue weighted by Gasteiger charge is -2.33. The number of hydrogen-bond donors (Lipinski definition) is 2. The number of primary amides is 1. The molecule has 0 aliphatic carbocycles. The Bertz CT molecular complexity index is 1050. The highest BCUT2D eigenvalue weighted by atomic mass is 19.1. The van der Waals surface area contributed by atoms with Gasteiger partial charge in [-0.25, -0.2) is 4.39 Å². The summed E-state index contributed by atoms with van der Waals surface area (Å²) in [6.45, 7) is 1.71. The first-order valence-electron chi connectivity index (χ1n) is 10.9. The highest BCUT2D eigenvalue weighted by molar-refractivity contribution is 5.95. The smallest absolute Gasteiger partial charge is 0.237 e. The number of nitrogens with zero attached hydrogens (tertiary/aromatic N) is 4. The van der Waals surface area contributed by atoms with Crippen LogP contribution in [-0.2, 0) is 16.0 Å². The molecule has 0 saturated carbocycles. The van der Waals surface area contributed by atoms with E-state index < -0.39 is 18.1 Å². The zero-order valence-corrected chi connectivity index (χ0v) is 17.8. The highest BCUT2D eigenvalue weighted by Gasteiger charge is 2.36. The van der Waals surface area contributed by atoms with Crippen LogP contribution >= 0.6 is 0 Å². The summed E-state index contributed by atoms with van der Waals surface area (Å²) in [5, 5.41) is 13.7. The summed E-state index contributed by atoms with van der Waals surface area (Å²) in [7, 11) is 0. The molecule has 8 nitrogen and oxygen atoms in total. The van der Waals surface area contributed by atoms with Gasteiger partial charge in [0, 0.05) is 42.8 Å². The van der Waals surface area contributed by atoms with Crippen LogP contribution in [0.4, 0.5) is 10.1 Å². The van der Waals surface area contributed by atoms with Crippen molar-refractivity contribution in [2.24, 2.45) is 5.73 Å². The average Bonchev–Trinajstić information content (AvgIpc) is 3.17. The number of benzene rings is 1. The molecule has 2 aliphatic heterocycles. The van der Waals surface area contributed by atoms with E-state index in [9.17, 15) is 14.0 Å². The lowest BCUT2D eigenvalue weighted by atomic mass is 10.0. The quantitative estimate of drug-likeness (QED) is 0.708. The number of alkyl halides is 1. The number of piperidine rings is 1. The Balaban J connectivity index is 1.35. The number of carbonyl (C=O) groups is 2. The molecule has 0 radical (unpaired) electrons. The summed E-state index contributed by atoms with van der Waals surface area (Å²) in [5.41, 5.74) is 7.89. The fourth-order valence-corrected chi connectivity index (χ4v) is 4.61. The van der Waals surface area contributed by atoms with Gasteiger partial charge in [-0.15, -0.1) is 0 Å². The van der Waals surface area contributed by atoms with Crippen LogP contribution < -0.4 is 11.1 Å². The number of rotatable bonds is 6. The van der Waals surface area contributed by atoms with E-state index in [1.54, 1.807) is 6.20 Å². The van der Waals surface area contributed by atoms with Gasteiger partial charge in [-0.1, -0.05) is 6.07 Å². The Labute approximate surface area is 186 Å². The molecule has 1 aromatic heterocycles. The number of nitriles is 1. The number of amides is 2. The van der Waals surface area contributed by atoms with Crippen molar-refractivity contribution < 1.29 is 14.0 Å². The molecule has 2 amide bonds. The highest BCUT2D eigenvalue weighted by Crippen LogP contribution is 2.28. The molecule has 4 rings (SSSR count). The second-order valence-corrected chi connectivity index (χ2v) is 8.53. The molecule has 168 valence electrons. The Hall–Kier alpha value is -3.25. The second kappa shape index (κ2) is 9.49. The number of hydrogen-bond acceptors (Lipinski definition) is 6. The van der Waals surface area contributed by atoms with E-state index in [1.165, 1.54) is 4.90 Å². The fourth-order valence-electron chi connectivity index (χ4n) is 4.61. The maximum atomic E-state index is 13.6. The molecule has 9 heteroatoms. The lowest BCUT2D eigenvalue weighted by Crippen LogP contribution is -2.46. The molecular weight excluding hydrogens is 411 g/mol. The normalized spacial score (nSPS) is 22.1. The first-order valence-corrected chi connectivity index (χ1v) is 10.9. The van der Waals surface area contributed by atoms with Crippen LogP contribution in [-0.4, -0.2) is 71.0 Å². The number of anilines is 1. The van der Waals surface area contributed by atoms with Crippen molar-refractivity contribution in [2.75, 3.05) is 31.5 Å². The van der Waals surface area contributed by atoms with Gasteiger partial charge in [-0.05, 0) is 36.6 Å². The van der Waals surface area contributed by atoms with E-state index in [4.69, 9.17) is 11.0 Å². The maximum absolute atomic E-state index is 13.6. The molecule has 2 aliphatic rings. The summed E-state index contributed by atoms with van der Waals surface area (Å²) in [6.07, 6.45) is 2.55. The predicted octanol–water partition coefficient (Wildman–Crippen LogP) is 1.60. The SMILES string of the molecule is N#C[C@@H]1C[C@H](F)CN1C(=O)CN1CCC(Nc2ccc(CC(N)=O)c3ncccc23)CC1. The number of nitrogens with one attached hydrogen (secondary N) is 1.